The summed E-state index contributed by atoms with van der Waals surface area (Å²) in [6.45, 7) is 1.55. The Morgan fingerprint density at radius 2 is 2.10 bits per heavy atom. The predicted octanol–water partition coefficient (Wildman–Crippen LogP) is 2.63. The summed E-state index contributed by atoms with van der Waals surface area (Å²) in [5.41, 5.74) is 6.30. The molecule has 1 saturated heterocycles. The molecule has 0 bridgehead atoms. The van der Waals surface area contributed by atoms with Gasteiger partial charge in [-0.2, -0.15) is 0 Å². The Kier molecular flexibility index (Phi) is 4.77. The maximum absolute atomic E-state index is 13.7. The van der Waals surface area contributed by atoms with Crippen molar-refractivity contribution in [2.75, 3.05) is 13.1 Å². The number of piperidine rings is 1. The lowest BCUT2D eigenvalue weighted by Crippen LogP contribution is -2.57. The van der Waals surface area contributed by atoms with E-state index in [0.717, 1.165) is 5.56 Å². The summed E-state index contributed by atoms with van der Waals surface area (Å²) in [6.07, 6.45) is -0.945. The van der Waals surface area contributed by atoms with Gasteiger partial charge in [0.25, 0.3) is 5.92 Å². The van der Waals surface area contributed by atoms with E-state index < -0.39 is 24.0 Å². The van der Waals surface area contributed by atoms with Gasteiger partial charge in [-0.25, -0.2) is 13.6 Å². The molecule has 0 saturated carbocycles. The van der Waals surface area contributed by atoms with Crippen molar-refractivity contribution in [1.82, 2.24) is 4.90 Å². The van der Waals surface area contributed by atoms with Crippen LogP contribution in [-0.2, 0) is 11.3 Å². The zero-order chi connectivity index (χ0) is 15.5. The normalized spacial score (nSPS) is 24.7. The number of amides is 1. The first-order chi connectivity index (χ1) is 9.95. The first-order valence-corrected chi connectivity index (χ1v) is 7.01. The third kappa shape index (κ3) is 3.50. The van der Waals surface area contributed by atoms with Crippen LogP contribution < -0.4 is 5.73 Å². The molecule has 0 radical (unpaired) electrons. The first-order valence-electron chi connectivity index (χ1n) is 7.01. The second-order valence-electron chi connectivity index (χ2n) is 5.33. The molecule has 4 nitrogen and oxygen atoms in total. The third-order valence-corrected chi connectivity index (χ3v) is 4.00. The molecule has 2 N–H and O–H groups in total. The molecule has 21 heavy (non-hydrogen) atoms. The zero-order valence-corrected chi connectivity index (χ0v) is 12.0. The second-order valence-corrected chi connectivity index (χ2v) is 5.33. The summed E-state index contributed by atoms with van der Waals surface area (Å²) < 4.78 is 32.7. The minimum Gasteiger partial charge on any atom is -0.445 e. The van der Waals surface area contributed by atoms with Crippen LogP contribution in [0.4, 0.5) is 13.6 Å². The van der Waals surface area contributed by atoms with Crippen molar-refractivity contribution in [3.63, 3.8) is 0 Å². The van der Waals surface area contributed by atoms with E-state index >= 15 is 0 Å². The quantitative estimate of drug-likeness (QED) is 0.933. The van der Waals surface area contributed by atoms with Gasteiger partial charge in [-0.15, -0.1) is 0 Å². The van der Waals surface area contributed by atoms with Crippen LogP contribution in [0.25, 0.3) is 0 Å². The smallest absolute Gasteiger partial charge is 0.410 e. The molecular formula is C15H20F2N2O2. The number of alkyl halides is 2. The molecule has 0 aliphatic carbocycles. The number of ether oxygens (including phenoxy) is 1. The Morgan fingerprint density at radius 3 is 2.71 bits per heavy atom. The third-order valence-electron chi connectivity index (χ3n) is 4.00. The zero-order valence-electron chi connectivity index (χ0n) is 12.0. The fourth-order valence-corrected chi connectivity index (χ4v) is 2.66. The van der Waals surface area contributed by atoms with E-state index in [4.69, 9.17) is 10.5 Å². The van der Waals surface area contributed by atoms with Gasteiger partial charge in [-0.1, -0.05) is 30.3 Å². The molecule has 1 aromatic carbocycles. The van der Waals surface area contributed by atoms with Crippen molar-refractivity contribution in [2.24, 2.45) is 11.7 Å². The molecule has 1 aliphatic rings. The van der Waals surface area contributed by atoms with Crippen molar-refractivity contribution < 1.29 is 18.3 Å². The lowest BCUT2D eigenvalue weighted by molar-refractivity contribution is -0.119. The standard InChI is InChI=1S/C15H20F2N2O2/c1-11-13(9-18)15(16,17)7-8-19(11)14(20)21-10-12-5-3-2-4-6-12/h2-6,11,13H,7-10,18H2,1H3. The van der Waals surface area contributed by atoms with E-state index in [9.17, 15) is 13.6 Å². The molecule has 116 valence electrons. The van der Waals surface area contributed by atoms with Crippen molar-refractivity contribution in [2.45, 2.75) is 31.9 Å². The van der Waals surface area contributed by atoms with Crippen LogP contribution in [0.15, 0.2) is 30.3 Å². The lowest BCUT2D eigenvalue weighted by Gasteiger charge is -2.42. The van der Waals surface area contributed by atoms with E-state index in [1.165, 1.54) is 4.90 Å². The van der Waals surface area contributed by atoms with Crippen molar-refractivity contribution in [1.29, 1.82) is 0 Å². The van der Waals surface area contributed by atoms with Crippen LogP contribution in [0.5, 0.6) is 0 Å². The van der Waals surface area contributed by atoms with Crippen molar-refractivity contribution in [3.8, 4) is 0 Å². The predicted molar refractivity (Wildman–Crippen MR) is 74.9 cm³/mol. The number of halogens is 2. The highest BCUT2D eigenvalue weighted by molar-refractivity contribution is 5.68. The van der Waals surface area contributed by atoms with E-state index in [0.29, 0.717) is 0 Å². The number of carbonyl (C=O) groups is 1. The van der Waals surface area contributed by atoms with Crippen LogP contribution in [0.3, 0.4) is 0 Å². The highest BCUT2D eigenvalue weighted by Crippen LogP contribution is 2.37. The van der Waals surface area contributed by atoms with Crippen LogP contribution in [0, 0.1) is 5.92 Å². The van der Waals surface area contributed by atoms with E-state index in [1.54, 1.807) is 6.92 Å². The van der Waals surface area contributed by atoms with Gasteiger partial charge < -0.3 is 15.4 Å². The molecule has 2 unspecified atom stereocenters. The summed E-state index contributed by atoms with van der Waals surface area (Å²) in [4.78, 5) is 13.4. The summed E-state index contributed by atoms with van der Waals surface area (Å²) in [7, 11) is 0. The average Bonchev–Trinajstić information content (AvgIpc) is 2.46. The van der Waals surface area contributed by atoms with Crippen molar-refractivity contribution >= 4 is 6.09 Å². The van der Waals surface area contributed by atoms with Gasteiger partial charge in [0.2, 0.25) is 0 Å². The van der Waals surface area contributed by atoms with Gasteiger partial charge in [-0.3, -0.25) is 0 Å². The Morgan fingerprint density at radius 1 is 1.43 bits per heavy atom. The molecular weight excluding hydrogens is 278 g/mol. The van der Waals surface area contributed by atoms with E-state index in [-0.39, 0.29) is 26.1 Å². The number of carbonyl (C=O) groups excluding carboxylic acids is 1. The molecule has 1 amide bonds. The number of hydrogen-bond acceptors (Lipinski definition) is 3. The number of nitrogens with two attached hydrogens (primary N) is 1. The molecule has 2 rings (SSSR count). The highest BCUT2D eigenvalue weighted by Gasteiger charge is 2.49. The average molecular weight is 298 g/mol. The van der Waals surface area contributed by atoms with Gasteiger partial charge in [0.15, 0.2) is 0 Å². The Balaban J connectivity index is 1.96. The molecule has 1 aromatic rings. The maximum Gasteiger partial charge on any atom is 0.410 e. The van der Waals surface area contributed by atoms with Gasteiger partial charge in [0, 0.05) is 25.6 Å². The molecule has 1 heterocycles. The Hall–Kier alpha value is -1.69. The minimum atomic E-state index is -2.83. The van der Waals surface area contributed by atoms with Gasteiger partial charge >= 0.3 is 6.09 Å². The fraction of sp³-hybridized carbons (Fsp3) is 0.533. The monoisotopic (exact) mass is 298 g/mol. The summed E-state index contributed by atoms with van der Waals surface area (Å²) in [6, 6.07) is 8.59. The number of nitrogens with zero attached hydrogens (tertiary/aromatic N) is 1. The van der Waals surface area contributed by atoms with Gasteiger partial charge in [0.1, 0.15) is 6.61 Å². The van der Waals surface area contributed by atoms with Crippen LogP contribution in [-0.4, -0.2) is 36.0 Å². The minimum absolute atomic E-state index is 0.0156. The van der Waals surface area contributed by atoms with E-state index in [1.807, 2.05) is 30.3 Å². The molecule has 0 spiro atoms. The number of hydrogen-bond donors (Lipinski definition) is 1. The molecule has 2 atom stereocenters. The van der Waals surface area contributed by atoms with E-state index in [2.05, 4.69) is 0 Å². The highest BCUT2D eigenvalue weighted by atomic mass is 19.3. The SMILES string of the molecule is CC1C(CN)C(F)(F)CCN1C(=O)OCc1ccccc1. The summed E-state index contributed by atoms with van der Waals surface area (Å²) in [5, 5.41) is 0. The van der Waals surface area contributed by atoms with Crippen LogP contribution in [0.2, 0.25) is 0 Å². The number of rotatable bonds is 3. The Labute approximate surface area is 122 Å². The van der Waals surface area contributed by atoms with Gasteiger partial charge in [-0.05, 0) is 12.5 Å². The summed E-state index contributed by atoms with van der Waals surface area (Å²) in [5.74, 6) is -3.86. The Bertz CT molecular complexity index is 482. The largest absolute Gasteiger partial charge is 0.445 e. The van der Waals surface area contributed by atoms with Crippen LogP contribution >= 0.6 is 0 Å². The fourth-order valence-electron chi connectivity index (χ4n) is 2.66. The topological polar surface area (TPSA) is 55.6 Å². The second kappa shape index (κ2) is 6.39. The van der Waals surface area contributed by atoms with Gasteiger partial charge in [0.05, 0.1) is 5.92 Å². The molecule has 1 aliphatic heterocycles. The van der Waals surface area contributed by atoms with Crippen molar-refractivity contribution in [3.05, 3.63) is 35.9 Å². The molecule has 1 fully saturated rings. The van der Waals surface area contributed by atoms with Crippen LogP contribution in [0.1, 0.15) is 18.9 Å². The number of benzene rings is 1. The number of likely N-dealkylation sites (tertiary alicyclic amines) is 1. The lowest BCUT2D eigenvalue weighted by atomic mass is 9.87. The molecule has 6 heteroatoms. The summed E-state index contributed by atoms with van der Waals surface area (Å²) >= 11 is 0. The maximum atomic E-state index is 13.7. The molecule has 0 aromatic heterocycles. The first kappa shape index (κ1) is 15.7.